The number of hydrogen-bond acceptors (Lipinski definition) is 10. The molecule has 10 heteroatoms. The van der Waals surface area contributed by atoms with Crippen molar-refractivity contribution in [1.29, 1.82) is 0 Å². The third-order valence-corrected chi connectivity index (χ3v) is 7.35. The molecule has 0 spiro atoms. The van der Waals surface area contributed by atoms with Crippen LogP contribution in [-0.4, -0.2) is 19.9 Å². The highest BCUT2D eigenvalue weighted by atomic mass is 32.1. The van der Waals surface area contributed by atoms with E-state index in [1.54, 1.807) is 57.7 Å². The third kappa shape index (κ3) is 4.24. The molecule has 6 nitrogen and oxygen atoms in total. The zero-order chi connectivity index (χ0) is 19.4. The average Bonchev–Trinajstić information content (AvgIpc) is 3.48. The summed E-state index contributed by atoms with van der Waals surface area (Å²) in [5.74, 6) is 0. The summed E-state index contributed by atoms with van der Waals surface area (Å²) in [6.07, 6.45) is 6.84. The van der Waals surface area contributed by atoms with E-state index in [4.69, 9.17) is 9.97 Å². The third-order valence-electron chi connectivity index (χ3n) is 4.46. The van der Waals surface area contributed by atoms with Crippen molar-refractivity contribution in [3.8, 4) is 0 Å². The second-order valence-electron chi connectivity index (χ2n) is 6.44. The van der Waals surface area contributed by atoms with Crippen molar-refractivity contribution in [1.82, 2.24) is 19.9 Å². The van der Waals surface area contributed by atoms with E-state index in [9.17, 15) is 0 Å². The zero-order valence-electron chi connectivity index (χ0n) is 15.5. The molecular weight excluding hydrogens is 429 g/mol. The van der Waals surface area contributed by atoms with Crippen LogP contribution in [0.3, 0.4) is 0 Å². The Balaban J connectivity index is 1.59. The lowest BCUT2D eigenvalue weighted by Crippen LogP contribution is -2.24. The van der Waals surface area contributed by atoms with Gasteiger partial charge in [-0.1, -0.05) is 19.8 Å². The molecule has 0 saturated heterocycles. The molecule has 0 fully saturated rings. The predicted octanol–water partition coefficient (Wildman–Crippen LogP) is 6.50. The van der Waals surface area contributed by atoms with Crippen LogP contribution in [0.5, 0.6) is 0 Å². The monoisotopic (exact) mass is 448 g/mol. The first-order valence-corrected chi connectivity index (χ1v) is 12.4. The smallest absolute Gasteiger partial charge is 0.189 e. The van der Waals surface area contributed by atoms with Crippen molar-refractivity contribution in [2.45, 2.75) is 38.5 Å². The molecule has 0 saturated carbocycles. The SMILES string of the molecule is CCCCC(C)(c1csc(Nc2nccs2)n1)c1csc(Nc2nccs2)n1. The lowest BCUT2D eigenvalue weighted by atomic mass is 9.79. The maximum absolute atomic E-state index is 4.88. The summed E-state index contributed by atoms with van der Waals surface area (Å²) in [5, 5.41) is 18.2. The Hall–Kier alpha value is -1.88. The minimum atomic E-state index is -0.228. The van der Waals surface area contributed by atoms with Crippen LogP contribution in [0.1, 0.15) is 44.5 Å². The van der Waals surface area contributed by atoms with Gasteiger partial charge in [-0.15, -0.1) is 45.3 Å². The molecule has 2 N–H and O–H groups in total. The summed E-state index contributed by atoms with van der Waals surface area (Å²) in [6, 6.07) is 0. The predicted molar refractivity (Wildman–Crippen MR) is 121 cm³/mol. The van der Waals surface area contributed by atoms with Crippen molar-refractivity contribution in [3.05, 3.63) is 45.3 Å². The van der Waals surface area contributed by atoms with Gasteiger partial charge in [-0.25, -0.2) is 19.9 Å². The van der Waals surface area contributed by atoms with E-state index >= 15 is 0 Å². The summed E-state index contributed by atoms with van der Waals surface area (Å²) in [6.45, 7) is 4.46. The molecule has 0 bridgehead atoms. The summed E-state index contributed by atoms with van der Waals surface area (Å²) < 4.78 is 0. The van der Waals surface area contributed by atoms with Gasteiger partial charge in [0.15, 0.2) is 20.5 Å². The van der Waals surface area contributed by atoms with Gasteiger partial charge in [0.25, 0.3) is 0 Å². The van der Waals surface area contributed by atoms with Gasteiger partial charge >= 0.3 is 0 Å². The Kier molecular flexibility index (Phi) is 6.00. The van der Waals surface area contributed by atoms with Gasteiger partial charge in [0.2, 0.25) is 0 Å². The Bertz CT molecular complexity index is 915. The second-order valence-corrected chi connectivity index (χ2v) is 9.94. The molecule has 0 radical (unpaired) electrons. The number of anilines is 4. The Morgan fingerprint density at radius 3 is 1.79 bits per heavy atom. The van der Waals surface area contributed by atoms with E-state index in [2.05, 4.69) is 45.2 Å². The average molecular weight is 449 g/mol. The van der Waals surface area contributed by atoms with Crippen molar-refractivity contribution in [2.75, 3.05) is 10.6 Å². The summed E-state index contributed by atoms with van der Waals surface area (Å²) in [7, 11) is 0. The Labute approximate surface area is 179 Å². The van der Waals surface area contributed by atoms with Gasteiger partial charge in [-0.2, -0.15) is 0 Å². The van der Waals surface area contributed by atoms with Crippen LogP contribution in [-0.2, 0) is 5.41 Å². The second kappa shape index (κ2) is 8.64. The molecule has 4 heterocycles. The molecule has 4 rings (SSSR count). The molecule has 4 aromatic heterocycles. The van der Waals surface area contributed by atoms with Crippen LogP contribution < -0.4 is 10.6 Å². The van der Waals surface area contributed by atoms with Crippen LogP contribution in [0, 0.1) is 0 Å². The largest absolute Gasteiger partial charge is 0.307 e. The van der Waals surface area contributed by atoms with E-state index in [0.29, 0.717) is 0 Å². The van der Waals surface area contributed by atoms with Gasteiger partial charge in [0.05, 0.1) is 16.8 Å². The summed E-state index contributed by atoms with van der Waals surface area (Å²) in [5.41, 5.74) is 1.88. The molecule has 28 heavy (non-hydrogen) atoms. The van der Waals surface area contributed by atoms with Gasteiger partial charge in [-0.3, -0.25) is 0 Å². The molecule has 0 amide bonds. The van der Waals surface area contributed by atoms with E-state index in [1.165, 1.54) is 0 Å². The molecule has 0 aliphatic rings. The minimum Gasteiger partial charge on any atom is -0.307 e. The van der Waals surface area contributed by atoms with Crippen molar-refractivity contribution < 1.29 is 0 Å². The maximum Gasteiger partial charge on any atom is 0.189 e. The summed E-state index contributed by atoms with van der Waals surface area (Å²) >= 11 is 6.36. The fourth-order valence-electron chi connectivity index (χ4n) is 2.84. The van der Waals surface area contributed by atoms with E-state index < -0.39 is 0 Å². The number of thiazole rings is 4. The number of rotatable bonds is 9. The molecule has 0 unspecified atom stereocenters. The van der Waals surface area contributed by atoms with Gasteiger partial charge in [0.1, 0.15) is 0 Å². The van der Waals surface area contributed by atoms with Gasteiger partial charge in [0, 0.05) is 33.9 Å². The van der Waals surface area contributed by atoms with Gasteiger partial charge in [-0.05, 0) is 13.3 Å². The Morgan fingerprint density at radius 1 is 0.821 bits per heavy atom. The highest BCUT2D eigenvalue weighted by molar-refractivity contribution is 7.16. The lowest BCUT2D eigenvalue weighted by molar-refractivity contribution is 0.473. The first kappa shape index (κ1) is 19.4. The molecule has 0 aliphatic heterocycles. The fraction of sp³-hybridized carbons (Fsp3) is 0.333. The number of unbranched alkanes of at least 4 members (excludes halogenated alkanes) is 1. The molecule has 146 valence electrons. The van der Waals surface area contributed by atoms with Crippen LogP contribution in [0.4, 0.5) is 20.5 Å². The quantitative estimate of drug-likeness (QED) is 0.304. The van der Waals surface area contributed by atoms with Crippen LogP contribution in [0.15, 0.2) is 33.9 Å². The van der Waals surface area contributed by atoms with Crippen molar-refractivity contribution in [3.63, 3.8) is 0 Å². The van der Waals surface area contributed by atoms with E-state index in [0.717, 1.165) is 51.2 Å². The minimum absolute atomic E-state index is 0.228. The molecule has 4 aromatic rings. The van der Waals surface area contributed by atoms with E-state index in [1.807, 2.05) is 10.8 Å². The molecule has 0 atom stereocenters. The Morgan fingerprint density at radius 2 is 1.36 bits per heavy atom. The molecular formula is C18H20N6S4. The van der Waals surface area contributed by atoms with Gasteiger partial charge < -0.3 is 10.6 Å². The summed E-state index contributed by atoms with van der Waals surface area (Å²) in [4.78, 5) is 18.3. The van der Waals surface area contributed by atoms with Crippen molar-refractivity contribution >= 4 is 65.9 Å². The molecule has 0 aromatic carbocycles. The standard InChI is InChI=1S/C18H20N6S4/c1-3-4-5-18(2,12-10-27-16(21-12)23-14-19-6-8-25-14)13-11-28-17(22-13)24-15-20-7-9-26-15/h6-11H,3-5H2,1-2H3,(H,19,21,23)(H,20,22,24). The number of hydrogen-bond donors (Lipinski definition) is 2. The number of nitrogens with one attached hydrogen (secondary N) is 2. The highest BCUT2D eigenvalue weighted by Gasteiger charge is 2.33. The van der Waals surface area contributed by atoms with E-state index in [-0.39, 0.29) is 5.41 Å². The van der Waals surface area contributed by atoms with Crippen molar-refractivity contribution in [2.24, 2.45) is 0 Å². The lowest BCUT2D eigenvalue weighted by Gasteiger charge is -2.26. The zero-order valence-corrected chi connectivity index (χ0v) is 18.8. The van der Waals surface area contributed by atoms with Crippen LogP contribution in [0.2, 0.25) is 0 Å². The first-order chi connectivity index (χ1) is 13.7. The number of aromatic nitrogens is 4. The maximum atomic E-state index is 4.88. The highest BCUT2D eigenvalue weighted by Crippen LogP contribution is 2.40. The first-order valence-electron chi connectivity index (χ1n) is 8.92. The number of nitrogens with zero attached hydrogens (tertiary/aromatic N) is 4. The molecule has 0 aliphatic carbocycles. The van der Waals surface area contributed by atoms with Crippen LogP contribution >= 0.6 is 45.3 Å². The van der Waals surface area contributed by atoms with Crippen LogP contribution in [0.25, 0.3) is 0 Å². The topological polar surface area (TPSA) is 75.6 Å². The fourth-order valence-corrected chi connectivity index (χ4v) is 5.71. The normalized spacial score (nSPS) is 11.6.